The SMILES string of the molecule is O=C(O)C(=O)O.c1ccc(CCN(Cc2ccccc2)C2CCN(Cc3c[nH]c4ccccc34)CC2)cc1. The third-order valence-electron chi connectivity index (χ3n) is 7.08. The number of benzene rings is 3. The number of piperidine rings is 1. The average Bonchev–Trinajstić information content (AvgIpc) is 3.35. The van der Waals surface area contributed by atoms with E-state index in [1.54, 1.807) is 0 Å². The number of carboxylic acids is 2. The van der Waals surface area contributed by atoms with Crippen molar-refractivity contribution in [2.75, 3.05) is 19.6 Å². The van der Waals surface area contributed by atoms with E-state index in [0.717, 1.165) is 26.1 Å². The minimum atomic E-state index is -1.82. The van der Waals surface area contributed by atoms with Crippen LogP contribution in [-0.4, -0.2) is 62.6 Å². The van der Waals surface area contributed by atoms with Crippen LogP contribution in [0.5, 0.6) is 0 Å². The Hall–Kier alpha value is -3.94. The molecular weight excluding hydrogens is 478 g/mol. The van der Waals surface area contributed by atoms with Gasteiger partial charge in [0.25, 0.3) is 0 Å². The summed E-state index contributed by atoms with van der Waals surface area (Å²) in [6.45, 7) is 5.54. The number of likely N-dealkylation sites (tertiary alicyclic amines) is 1. The average molecular weight is 514 g/mol. The van der Waals surface area contributed by atoms with E-state index in [4.69, 9.17) is 19.8 Å². The zero-order chi connectivity index (χ0) is 26.7. The van der Waals surface area contributed by atoms with Gasteiger partial charge in [-0.2, -0.15) is 0 Å². The van der Waals surface area contributed by atoms with Crippen LogP contribution in [-0.2, 0) is 29.1 Å². The lowest BCUT2D eigenvalue weighted by atomic mass is 10.0. The summed E-state index contributed by atoms with van der Waals surface area (Å²) >= 11 is 0. The van der Waals surface area contributed by atoms with Gasteiger partial charge < -0.3 is 15.2 Å². The number of hydrogen-bond acceptors (Lipinski definition) is 4. The van der Waals surface area contributed by atoms with Crippen molar-refractivity contribution in [2.45, 2.75) is 38.4 Å². The zero-order valence-electron chi connectivity index (χ0n) is 21.5. The number of aromatic amines is 1. The molecule has 198 valence electrons. The molecule has 0 atom stereocenters. The first kappa shape index (κ1) is 27.1. The molecule has 0 radical (unpaired) electrons. The summed E-state index contributed by atoms with van der Waals surface area (Å²) in [5.74, 6) is -3.65. The highest BCUT2D eigenvalue weighted by atomic mass is 16.4. The molecule has 7 nitrogen and oxygen atoms in total. The molecule has 0 aliphatic carbocycles. The van der Waals surface area contributed by atoms with Crippen molar-refractivity contribution in [1.82, 2.24) is 14.8 Å². The lowest BCUT2D eigenvalue weighted by Crippen LogP contribution is -2.45. The Kier molecular flexibility index (Phi) is 9.67. The van der Waals surface area contributed by atoms with Gasteiger partial charge in [0, 0.05) is 42.8 Å². The first-order chi connectivity index (χ1) is 18.5. The van der Waals surface area contributed by atoms with Gasteiger partial charge in [-0.3, -0.25) is 9.80 Å². The summed E-state index contributed by atoms with van der Waals surface area (Å²) in [6, 6.07) is 31.2. The van der Waals surface area contributed by atoms with E-state index >= 15 is 0 Å². The van der Waals surface area contributed by atoms with E-state index in [2.05, 4.69) is 106 Å². The van der Waals surface area contributed by atoms with Crippen molar-refractivity contribution in [3.8, 4) is 0 Å². The second kappa shape index (κ2) is 13.6. The lowest BCUT2D eigenvalue weighted by Gasteiger charge is -2.38. The fourth-order valence-corrected chi connectivity index (χ4v) is 5.07. The molecule has 3 N–H and O–H groups in total. The number of carboxylic acid groups (broad SMARTS) is 2. The Morgan fingerprint density at radius 3 is 2.03 bits per heavy atom. The van der Waals surface area contributed by atoms with Gasteiger partial charge in [-0.15, -0.1) is 0 Å². The van der Waals surface area contributed by atoms with Crippen LogP contribution in [0.4, 0.5) is 0 Å². The largest absolute Gasteiger partial charge is 0.473 e. The number of rotatable bonds is 8. The van der Waals surface area contributed by atoms with Gasteiger partial charge in [-0.1, -0.05) is 78.9 Å². The van der Waals surface area contributed by atoms with E-state index in [1.165, 1.54) is 53.5 Å². The number of hydrogen-bond donors (Lipinski definition) is 3. The Balaban J connectivity index is 0.000000505. The maximum absolute atomic E-state index is 9.10. The normalized spacial score (nSPS) is 14.2. The molecule has 0 unspecified atom stereocenters. The van der Waals surface area contributed by atoms with Gasteiger partial charge in [0.2, 0.25) is 0 Å². The highest BCUT2D eigenvalue weighted by Crippen LogP contribution is 2.24. The third kappa shape index (κ3) is 7.78. The van der Waals surface area contributed by atoms with Crippen LogP contribution in [0, 0.1) is 0 Å². The van der Waals surface area contributed by atoms with E-state index < -0.39 is 11.9 Å². The molecule has 7 heteroatoms. The molecule has 0 bridgehead atoms. The van der Waals surface area contributed by atoms with Gasteiger partial charge in [-0.25, -0.2) is 9.59 Å². The molecule has 1 fully saturated rings. The number of para-hydroxylation sites is 1. The monoisotopic (exact) mass is 513 g/mol. The number of fused-ring (bicyclic) bond motifs is 1. The van der Waals surface area contributed by atoms with E-state index in [9.17, 15) is 0 Å². The molecule has 2 heterocycles. The maximum atomic E-state index is 9.10. The minimum Gasteiger partial charge on any atom is -0.473 e. The number of nitrogens with zero attached hydrogens (tertiary/aromatic N) is 2. The summed E-state index contributed by atoms with van der Waals surface area (Å²) < 4.78 is 0. The van der Waals surface area contributed by atoms with Gasteiger partial charge >= 0.3 is 11.9 Å². The smallest absolute Gasteiger partial charge is 0.414 e. The molecule has 4 aromatic rings. The van der Waals surface area contributed by atoms with Crippen molar-refractivity contribution in [3.05, 3.63) is 108 Å². The van der Waals surface area contributed by atoms with Crippen molar-refractivity contribution >= 4 is 22.8 Å². The first-order valence-corrected chi connectivity index (χ1v) is 13.0. The number of carbonyl (C=O) groups is 2. The van der Waals surface area contributed by atoms with Crippen LogP contribution in [0.2, 0.25) is 0 Å². The van der Waals surface area contributed by atoms with Crippen LogP contribution in [0.25, 0.3) is 10.9 Å². The summed E-state index contributed by atoms with van der Waals surface area (Å²) in [5, 5.41) is 16.1. The topological polar surface area (TPSA) is 96.9 Å². The Labute approximate surface area is 223 Å². The number of nitrogens with one attached hydrogen (secondary N) is 1. The van der Waals surface area contributed by atoms with E-state index in [0.29, 0.717) is 6.04 Å². The van der Waals surface area contributed by atoms with Crippen LogP contribution in [0.1, 0.15) is 29.5 Å². The van der Waals surface area contributed by atoms with Crippen LogP contribution >= 0.6 is 0 Å². The molecule has 1 aliphatic heterocycles. The van der Waals surface area contributed by atoms with Crippen molar-refractivity contribution < 1.29 is 19.8 Å². The summed E-state index contributed by atoms with van der Waals surface area (Å²) in [4.78, 5) is 27.0. The highest BCUT2D eigenvalue weighted by molar-refractivity contribution is 6.27. The molecule has 5 rings (SSSR count). The van der Waals surface area contributed by atoms with Gasteiger partial charge in [0.15, 0.2) is 0 Å². The molecule has 1 saturated heterocycles. The number of aromatic nitrogens is 1. The van der Waals surface area contributed by atoms with Gasteiger partial charge in [0.1, 0.15) is 0 Å². The fourth-order valence-electron chi connectivity index (χ4n) is 5.07. The summed E-state index contributed by atoms with van der Waals surface area (Å²) in [5.41, 5.74) is 5.51. The number of H-pyrrole nitrogens is 1. The summed E-state index contributed by atoms with van der Waals surface area (Å²) in [7, 11) is 0. The quantitative estimate of drug-likeness (QED) is 0.286. The Bertz CT molecular complexity index is 1290. The molecule has 38 heavy (non-hydrogen) atoms. The first-order valence-electron chi connectivity index (χ1n) is 13.0. The minimum absolute atomic E-state index is 0.651. The second-order valence-corrected chi connectivity index (χ2v) is 9.67. The van der Waals surface area contributed by atoms with Crippen LogP contribution in [0.15, 0.2) is 91.1 Å². The molecule has 1 aromatic heterocycles. The lowest BCUT2D eigenvalue weighted by molar-refractivity contribution is -0.159. The Morgan fingerprint density at radius 2 is 1.39 bits per heavy atom. The van der Waals surface area contributed by atoms with Crippen LogP contribution in [0.3, 0.4) is 0 Å². The van der Waals surface area contributed by atoms with Crippen LogP contribution < -0.4 is 0 Å². The number of aliphatic carboxylic acids is 2. The van der Waals surface area contributed by atoms with E-state index in [1.807, 2.05) is 0 Å². The van der Waals surface area contributed by atoms with Crippen molar-refractivity contribution in [3.63, 3.8) is 0 Å². The molecule has 0 saturated carbocycles. The highest BCUT2D eigenvalue weighted by Gasteiger charge is 2.25. The van der Waals surface area contributed by atoms with Crippen molar-refractivity contribution in [2.24, 2.45) is 0 Å². The zero-order valence-corrected chi connectivity index (χ0v) is 21.5. The third-order valence-corrected chi connectivity index (χ3v) is 7.08. The second-order valence-electron chi connectivity index (χ2n) is 9.67. The standard InChI is InChI=1S/C29H33N3.C2H2O4/c1-3-9-24(10-4-1)15-20-32(22-25-11-5-2-6-12-25)27-16-18-31(19-17-27)23-26-21-30-29-14-8-7-13-28(26)29;3-1(4)2(5)6/h1-14,21,27,30H,15-20,22-23H2;(H,3,4)(H,5,6). The summed E-state index contributed by atoms with van der Waals surface area (Å²) in [6.07, 6.45) is 5.79. The molecule has 1 aliphatic rings. The molecule has 0 amide bonds. The fraction of sp³-hybridized carbons (Fsp3) is 0.290. The van der Waals surface area contributed by atoms with Crippen molar-refractivity contribution in [1.29, 1.82) is 0 Å². The van der Waals surface area contributed by atoms with Gasteiger partial charge in [-0.05, 0) is 55.1 Å². The Morgan fingerprint density at radius 1 is 0.816 bits per heavy atom. The molecule has 0 spiro atoms. The predicted octanol–water partition coefficient (Wildman–Crippen LogP) is 5.03. The van der Waals surface area contributed by atoms with Gasteiger partial charge in [0.05, 0.1) is 0 Å². The van der Waals surface area contributed by atoms with E-state index in [-0.39, 0.29) is 0 Å². The predicted molar refractivity (Wildman–Crippen MR) is 149 cm³/mol. The molecule has 3 aromatic carbocycles. The molecular formula is C31H35N3O4. The maximum Gasteiger partial charge on any atom is 0.414 e.